The summed E-state index contributed by atoms with van der Waals surface area (Å²) in [5.74, 6) is -2.27. The zero-order chi connectivity index (χ0) is 28.9. The van der Waals surface area contributed by atoms with E-state index in [4.69, 9.17) is 19.1 Å². The number of hydrogen-bond acceptors (Lipinski definition) is 6. The van der Waals surface area contributed by atoms with Gasteiger partial charge >= 0.3 is 0 Å². The van der Waals surface area contributed by atoms with E-state index >= 15 is 0 Å². The van der Waals surface area contributed by atoms with Gasteiger partial charge in [0.15, 0.2) is 5.82 Å². The number of pyridine rings is 4. The maximum atomic E-state index is 14.1. The summed E-state index contributed by atoms with van der Waals surface area (Å²) in [5, 5.41) is 10.5. The first-order chi connectivity index (χ1) is 18.1. The topological polar surface area (TPSA) is 99.2 Å². The van der Waals surface area contributed by atoms with Gasteiger partial charge in [0, 0.05) is 42.4 Å². The molecule has 0 saturated carbocycles. The molecule has 4 aromatic heterocycles. The molecule has 8 nitrogen and oxygen atoms in total. The van der Waals surface area contributed by atoms with Crippen molar-refractivity contribution in [3.8, 4) is 17.3 Å². The van der Waals surface area contributed by atoms with Crippen molar-refractivity contribution in [2.75, 3.05) is 0 Å². The maximum absolute atomic E-state index is 14.1. The normalized spacial score (nSPS) is 12.8. The van der Waals surface area contributed by atoms with Crippen LogP contribution in [0, 0.1) is 25.5 Å². The van der Waals surface area contributed by atoms with E-state index < -0.39 is 40.6 Å². The van der Waals surface area contributed by atoms with Gasteiger partial charge in [-0.2, -0.15) is 0 Å². The number of aliphatic hydroxyl groups is 1. The number of ether oxygens (including phenoxy) is 1. The van der Waals surface area contributed by atoms with Gasteiger partial charge in [0.05, 0.1) is 30.8 Å². The van der Waals surface area contributed by atoms with Gasteiger partial charge in [-0.05, 0) is 39.3 Å². The second-order valence-electron chi connectivity index (χ2n) is 8.80. The van der Waals surface area contributed by atoms with Crippen molar-refractivity contribution >= 4 is 11.6 Å². The smallest absolute Gasteiger partial charge is 0.263 e. The lowest BCUT2D eigenvalue weighted by Crippen LogP contribution is -2.32. The van der Waals surface area contributed by atoms with E-state index in [1.165, 1.54) is 53.6 Å². The number of aryl methyl sites for hydroxylation is 2. The Labute approximate surface area is 218 Å². The van der Waals surface area contributed by atoms with Crippen molar-refractivity contribution < 1.29 is 21.4 Å². The van der Waals surface area contributed by atoms with Crippen LogP contribution in [0.2, 0.25) is 5.02 Å². The molecule has 11 heteroatoms. The van der Waals surface area contributed by atoms with Gasteiger partial charge in [0.2, 0.25) is 0 Å². The standard InChI is InChI=1S/C26H23ClF2N4O4/c1-14-11-31-22(32-6-5-18(27)24(25(32)35)26(3,4)36)10-21(14)33-15(2)7-17(9-23(33)34)37-13-20-19(29)8-16(28)12-30-20/h5-12,36H,13H2,1-4H3/i13D2. The summed E-state index contributed by atoms with van der Waals surface area (Å²) in [4.78, 5) is 34.1. The fourth-order valence-corrected chi connectivity index (χ4v) is 4.13. The monoisotopic (exact) mass is 530 g/mol. The molecule has 0 spiro atoms. The molecule has 0 fully saturated rings. The lowest BCUT2D eigenvalue weighted by Gasteiger charge is -2.20. The van der Waals surface area contributed by atoms with Crippen LogP contribution in [0.1, 0.15) is 39.1 Å². The zero-order valence-electron chi connectivity index (χ0n) is 22.2. The molecule has 0 bridgehead atoms. The predicted molar refractivity (Wildman–Crippen MR) is 134 cm³/mol. The zero-order valence-corrected chi connectivity index (χ0v) is 21.0. The Morgan fingerprint density at radius 3 is 2.51 bits per heavy atom. The Bertz CT molecular complexity index is 1720. The van der Waals surface area contributed by atoms with Gasteiger partial charge in [0.25, 0.3) is 11.1 Å². The van der Waals surface area contributed by atoms with Crippen LogP contribution in [-0.2, 0) is 12.2 Å². The molecule has 4 aromatic rings. The van der Waals surface area contributed by atoms with E-state index in [0.29, 0.717) is 29.2 Å². The maximum Gasteiger partial charge on any atom is 0.263 e. The Hall–Kier alpha value is -3.89. The Morgan fingerprint density at radius 2 is 1.86 bits per heavy atom. The third kappa shape index (κ3) is 5.30. The second kappa shape index (κ2) is 9.87. The molecular weight excluding hydrogens is 506 g/mol. The first-order valence-electron chi connectivity index (χ1n) is 12.0. The highest BCUT2D eigenvalue weighted by Gasteiger charge is 2.25. The summed E-state index contributed by atoms with van der Waals surface area (Å²) in [6.45, 7) is 3.33. The van der Waals surface area contributed by atoms with E-state index in [1.54, 1.807) is 13.8 Å². The molecule has 37 heavy (non-hydrogen) atoms. The molecule has 0 unspecified atom stereocenters. The molecule has 4 rings (SSSR count). The minimum Gasteiger partial charge on any atom is -0.487 e. The minimum absolute atomic E-state index is 0.0215. The van der Waals surface area contributed by atoms with Crippen molar-refractivity contribution in [2.24, 2.45) is 0 Å². The highest BCUT2D eigenvalue weighted by Crippen LogP contribution is 2.25. The number of nitrogens with zero attached hydrogens (tertiary/aromatic N) is 4. The summed E-state index contributed by atoms with van der Waals surface area (Å²) < 4.78 is 51.2. The van der Waals surface area contributed by atoms with E-state index in [-0.39, 0.29) is 22.2 Å². The van der Waals surface area contributed by atoms with Gasteiger partial charge in [0.1, 0.15) is 29.6 Å². The van der Waals surface area contributed by atoms with Gasteiger partial charge in [-0.25, -0.2) is 13.8 Å². The molecule has 0 aromatic carbocycles. The van der Waals surface area contributed by atoms with Crippen LogP contribution in [0.5, 0.6) is 5.75 Å². The van der Waals surface area contributed by atoms with Gasteiger partial charge < -0.3 is 9.84 Å². The molecular formula is C26H23ClF2N4O4. The molecule has 0 aliphatic rings. The predicted octanol–water partition coefficient (Wildman–Crippen LogP) is 4.13. The summed E-state index contributed by atoms with van der Waals surface area (Å²) in [6.07, 6.45) is 3.52. The van der Waals surface area contributed by atoms with Gasteiger partial charge in [-0.3, -0.25) is 23.7 Å². The van der Waals surface area contributed by atoms with Gasteiger partial charge in [-0.15, -0.1) is 0 Å². The molecule has 0 aliphatic heterocycles. The minimum atomic E-state index is -2.81. The van der Waals surface area contributed by atoms with Crippen LogP contribution in [0.4, 0.5) is 8.78 Å². The molecule has 0 saturated heterocycles. The third-order valence-electron chi connectivity index (χ3n) is 5.46. The van der Waals surface area contributed by atoms with Crippen molar-refractivity contribution in [3.05, 3.63) is 109 Å². The SMILES string of the molecule is [2H]C([2H])(Oc1cc(C)n(-c2cc(-n3ccc(Cl)c(C(C)(C)O)c3=O)ncc2C)c(=O)c1)c1ncc(F)cc1F. The average molecular weight is 531 g/mol. The third-order valence-corrected chi connectivity index (χ3v) is 5.78. The molecule has 1 N–H and O–H groups in total. The summed E-state index contributed by atoms with van der Waals surface area (Å²) in [6, 6.07) is 5.80. The van der Waals surface area contributed by atoms with Crippen LogP contribution in [-0.4, -0.2) is 24.2 Å². The number of hydrogen-bond donors (Lipinski definition) is 1. The number of aromatic nitrogens is 4. The highest BCUT2D eigenvalue weighted by atomic mass is 35.5. The van der Waals surface area contributed by atoms with E-state index in [2.05, 4.69) is 9.97 Å². The summed E-state index contributed by atoms with van der Waals surface area (Å²) >= 11 is 6.16. The van der Waals surface area contributed by atoms with Crippen molar-refractivity contribution in [1.82, 2.24) is 19.1 Å². The fourth-order valence-electron chi connectivity index (χ4n) is 3.76. The van der Waals surface area contributed by atoms with Crippen molar-refractivity contribution in [1.29, 1.82) is 0 Å². The molecule has 0 atom stereocenters. The molecule has 192 valence electrons. The number of rotatable bonds is 6. The Balaban J connectivity index is 1.77. The van der Waals surface area contributed by atoms with Crippen LogP contribution < -0.4 is 15.9 Å². The largest absolute Gasteiger partial charge is 0.487 e. The lowest BCUT2D eigenvalue weighted by atomic mass is 10.00. The molecule has 0 amide bonds. The Morgan fingerprint density at radius 1 is 1.14 bits per heavy atom. The van der Waals surface area contributed by atoms with Crippen LogP contribution in [0.3, 0.4) is 0 Å². The van der Waals surface area contributed by atoms with E-state index in [0.717, 1.165) is 6.07 Å². The van der Waals surface area contributed by atoms with Crippen molar-refractivity contribution in [3.63, 3.8) is 0 Å². The van der Waals surface area contributed by atoms with E-state index in [1.807, 2.05) is 0 Å². The van der Waals surface area contributed by atoms with Crippen molar-refractivity contribution in [2.45, 2.75) is 39.9 Å². The summed E-state index contributed by atoms with van der Waals surface area (Å²) in [7, 11) is 0. The number of halogens is 3. The first-order valence-corrected chi connectivity index (χ1v) is 11.3. The fraction of sp³-hybridized carbons (Fsp3) is 0.231. The van der Waals surface area contributed by atoms with Crippen LogP contribution in [0.25, 0.3) is 11.5 Å². The summed E-state index contributed by atoms with van der Waals surface area (Å²) in [5.41, 5.74) is -2.26. The lowest BCUT2D eigenvalue weighted by molar-refractivity contribution is 0.0769. The van der Waals surface area contributed by atoms with Crippen LogP contribution >= 0.6 is 11.6 Å². The second-order valence-corrected chi connectivity index (χ2v) is 9.20. The van der Waals surface area contributed by atoms with Gasteiger partial charge in [-0.1, -0.05) is 11.6 Å². The molecule has 4 heterocycles. The quantitative estimate of drug-likeness (QED) is 0.402. The van der Waals surface area contributed by atoms with Crippen LogP contribution in [0.15, 0.2) is 58.5 Å². The first kappa shape index (κ1) is 23.5. The Kier molecular flexibility index (Phi) is 6.27. The molecule has 0 aliphatic carbocycles. The average Bonchev–Trinajstić information content (AvgIpc) is 2.78. The molecule has 0 radical (unpaired) electrons. The highest BCUT2D eigenvalue weighted by molar-refractivity contribution is 6.31. The van der Waals surface area contributed by atoms with E-state index in [9.17, 15) is 23.5 Å².